The molecule has 0 atom stereocenters. The van der Waals surface area contributed by atoms with Crippen LogP contribution in [0, 0.1) is 0 Å². The summed E-state index contributed by atoms with van der Waals surface area (Å²) in [5.41, 5.74) is -5.40. The summed E-state index contributed by atoms with van der Waals surface area (Å²) < 4.78 is 61.8. The Morgan fingerprint density at radius 3 is 2.43 bits per heavy atom. The van der Waals surface area contributed by atoms with Crippen molar-refractivity contribution in [2.45, 2.75) is 16.9 Å². The quantitative estimate of drug-likeness (QED) is 0.827. The van der Waals surface area contributed by atoms with Gasteiger partial charge in [0.1, 0.15) is 0 Å². The Balaban J connectivity index is 2.32. The zero-order valence-corrected chi connectivity index (χ0v) is 13.5. The van der Waals surface area contributed by atoms with Crippen LogP contribution in [0.3, 0.4) is 0 Å². The molecule has 1 heterocycles. The number of halogens is 4. The fraction of sp³-hybridized carbons (Fsp3) is 0.167. The van der Waals surface area contributed by atoms with E-state index >= 15 is 0 Å². The fourth-order valence-electron chi connectivity index (χ4n) is 1.60. The monoisotopic (exact) mass is 399 g/mol. The van der Waals surface area contributed by atoms with Crippen molar-refractivity contribution >= 4 is 42.8 Å². The SMILES string of the molecule is O=S(=O)(c1ccccc1NCc1sccc1Br)C(F)(F)F. The first-order chi connectivity index (χ1) is 9.73. The molecule has 0 aliphatic carbocycles. The lowest BCUT2D eigenvalue weighted by atomic mass is 10.3. The third-order valence-corrected chi connectivity index (χ3v) is 6.08. The molecular formula is C12H9BrF3NO2S2. The number of sulfone groups is 1. The van der Waals surface area contributed by atoms with Crippen LogP contribution in [-0.4, -0.2) is 13.9 Å². The molecule has 3 nitrogen and oxygen atoms in total. The number of nitrogens with one attached hydrogen (secondary N) is 1. The number of anilines is 1. The van der Waals surface area contributed by atoms with Gasteiger partial charge in [0.15, 0.2) is 0 Å². The summed E-state index contributed by atoms with van der Waals surface area (Å²) >= 11 is 4.71. The van der Waals surface area contributed by atoms with E-state index in [1.807, 2.05) is 5.38 Å². The second kappa shape index (κ2) is 5.98. The van der Waals surface area contributed by atoms with Gasteiger partial charge in [0.2, 0.25) is 0 Å². The van der Waals surface area contributed by atoms with E-state index in [-0.39, 0.29) is 12.2 Å². The van der Waals surface area contributed by atoms with Gasteiger partial charge in [-0.2, -0.15) is 13.2 Å². The average Bonchev–Trinajstić information content (AvgIpc) is 2.81. The maximum absolute atomic E-state index is 12.7. The lowest BCUT2D eigenvalue weighted by Gasteiger charge is -2.13. The highest BCUT2D eigenvalue weighted by Crippen LogP contribution is 2.34. The molecule has 1 aromatic carbocycles. The standard InChI is InChI=1S/C12H9BrF3NO2S2/c13-8-5-6-20-10(8)7-17-9-3-1-2-4-11(9)21(18,19)12(14,15)16/h1-6,17H,7H2. The first kappa shape index (κ1) is 16.3. The van der Waals surface area contributed by atoms with Crippen molar-refractivity contribution in [1.29, 1.82) is 0 Å². The van der Waals surface area contributed by atoms with Gasteiger partial charge in [-0.1, -0.05) is 12.1 Å². The van der Waals surface area contributed by atoms with Crippen LogP contribution in [0.4, 0.5) is 18.9 Å². The van der Waals surface area contributed by atoms with Crippen LogP contribution in [-0.2, 0) is 16.4 Å². The molecule has 21 heavy (non-hydrogen) atoms. The van der Waals surface area contributed by atoms with Crippen LogP contribution in [0.2, 0.25) is 0 Å². The van der Waals surface area contributed by atoms with E-state index < -0.39 is 20.2 Å². The molecule has 0 radical (unpaired) electrons. The molecular weight excluding hydrogens is 391 g/mol. The second-order valence-electron chi connectivity index (χ2n) is 3.99. The van der Waals surface area contributed by atoms with Crippen LogP contribution in [0.5, 0.6) is 0 Å². The van der Waals surface area contributed by atoms with Gasteiger partial charge in [-0.25, -0.2) is 8.42 Å². The van der Waals surface area contributed by atoms with Gasteiger partial charge in [-0.05, 0) is 39.5 Å². The highest BCUT2D eigenvalue weighted by atomic mass is 79.9. The topological polar surface area (TPSA) is 46.2 Å². The number of rotatable bonds is 4. The smallest absolute Gasteiger partial charge is 0.379 e. The highest BCUT2D eigenvalue weighted by Gasteiger charge is 2.47. The van der Waals surface area contributed by atoms with E-state index in [4.69, 9.17) is 0 Å². The maximum Gasteiger partial charge on any atom is 0.501 e. The number of benzene rings is 1. The number of thiophene rings is 1. The van der Waals surface area contributed by atoms with E-state index in [0.29, 0.717) is 0 Å². The third kappa shape index (κ3) is 3.41. The molecule has 0 amide bonds. The Hall–Kier alpha value is -1.06. The van der Waals surface area contributed by atoms with Crippen molar-refractivity contribution < 1.29 is 21.6 Å². The van der Waals surface area contributed by atoms with E-state index in [1.165, 1.54) is 29.5 Å². The predicted molar refractivity (Wildman–Crippen MR) is 79.0 cm³/mol. The van der Waals surface area contributed by atoms with Crippen molar-refractivity contribution in [3.05, 3.63) is 45.1 Å². The van der Waals surface area contributed by atoms with Crippen LogP contribution in [0.25, 0.3) is 0 Å². The first-order valence-electron chi connectivity index (χ1n) is 5.59. The van der Waals surface area contributed by atoms with Gasteiger partial charge in [0, 0.05) is 9.35 Å². The molecule has 2 rings (SSSR count). The summed E-state index contributed by atoms with van der Waals surface area (Å²) in [4.78, 5) is 0.0828. The molecule has 1 N–H and O–H groups in total. The highest BCUT2D eigenvalue weighted by molar-refractivity contribution is 9.10. The third-order valence-electron chi connectivity index (χ3n) is 2.61. The molecule has 0 saturated heterocycles. The lowest BCUT2D eigenvalue weighted by Crippen LogP contribution is -2.24. The van der Waals surface area contributed by atoms with Crippen LogP contribution < -0.4 is 5.32 Å². The van der Waals surface area contributed by atoms with Gasteiger partial charge in [0.25, 0.3) is 9.84 Å². The second-order valence-corrected chi connectivity index (χ2v) is 7.76. The lowest BCUT2D eigenvalue weighted by molar-refractivity contribution is -0.0435. The van der Waals surface area contributed by atoms with E-state index in [2.05, 4.69) is 21.2 Å². The number of alkyl halides is 3. The summed E-state index contributed by atoms with van der Waals surface area (Å²) in [6.07, 6.45) is 0. The van der Waals surface area contributed by atoms with E-state index in [9.17, 15) is 21.6 Å². The van der Waals surface area contributed by atoms with Crippen molar-refractivity contribution in [3.8, 4) is 0 Å². The minimum absolute atomic E-state index is 0.0740. The molecule has 1 aromatic heterocycles. The summed E-state index contributed by atoms with van der Waals surface area (Å²) in [5.74, 6) is 0. The number of hydrogen-bond donors (Lipinski definition) is 1. The number of para-hydroxylation sites is 1. The van der Waals surface area contributed by atoms with Gasteiger partial charge in [0.05, 0.1) is 17.1 Å². The fourth-order valence-corrected chi connectivity index (χ4v) is 3.97. The van der Waals surface area contributed by atoms with E-state index in [1.54, 1.807) is 6.07 Å². The Bertz CT molecular complexity index is 741. The Morgan fingerprint density at radius 1 is 1.19 bits per heavy atom. The average molecular weight is 400 g/mol. The summed E-state index contributed by atoms with van der Waals surface area (Å²) in [5, 5.41) is 4.55. The minimum atomic E-state index is -5.38. The molecule has 114 valence electrons. The Kier molecular flexibility index (Phi) is 4.64. The predicted octanol–water partition coefficient (Wildman–Crippen LogP) is 4.42. The molecule has 0 aliphatic heterocycles. The zero-order chi connectivity index (χ0) is 15.7. The largest absolute Gasteiger partial charge is 0.501 e. The minimum Gasteiger partial charge on any atom is -0.379 e. The summed E-state index contributed by atoms with van der Waals surface area (Å²) in [7, 11) is -5.38. The van der Waals surface area contributed by atoms with Crippen LogP contribution in [0.1, 0.15) is 4.88 Å². The normalized spacial score (nSPS) is 12.4. The van der Waals surface area contributed by atoms with Gasteiger partial charge in [-0.3, -0.25) is 0 Å². The summed E-state index contributed by atoms with van der Waals surface area (Å²) in [6.45, 7) is 0.225. The molecule has 0 aliphatic rings. The van der Waals surface area contributed by atoms with Crippen LogP contribution >= 0.6 is 27.3 Å². The molecule has 0 unspecified atom stereocenters. The van der Waals surface area contributed by atoms with E-state index in [0.717, 1.165) is 15.4 Å². The molecule has 0 saturated carbocycles. The van der Waals surface area contributed by atoms with Gasteiger partial charge < -0.3 is 5.32 Å². The molecule has 9 heteroatoms. The molecule has 0 spiro atoms. The maximum atomic E-state index is 12.7. The summed E-state index contributed by atoms with van der Waals surface area (Å²) in [6, 6.07) is 6.78. The molecule has 0 fully saturated rings. The zero-order valence-electron chi connectivity index (χ0n) is 10.3. The number of hydrogen-bond acceptors (Lipinski definition) is 4. The Labute approximate surface area is 131 Å². The van der Waals surface area contributed by atoms with Gasteiger partial charge in [-0.15, -0.1) is 11.3 Å². The van der Waals surface area contributed by atoms with Crippen molar-refractivity contribution in [1.82, 2.24) is 0 Å². The van der Waals surface area contributed by atoms with Crippen molar-refractivity contribution in [3.63, 3.8) is 0 Å². The van der Waals surface area contributed by atoms with Gasteiger partial charge >= 0.3 is 5.51 Å². The van der Waals surface area contributed by atoms with Crippen LogP contribution in [0.15, 0.2) is 45.1 Å². The van der Waals surface area contributed by atoms with Crippen molar-refractivity contribution in [2.24, 2.45) is 0 Å². The molecule has 2 aromatic rings. The first-order valence-corrected chi connectivity index (χ1v) is 8.75. The van der Waals surface area contributed by atoms with Crippen molar-refractivity contribution in [2.75, 3.05) is 5.32 Å². The Morgan fingerprint density at radius 2 is 1.86 bits per heavy atom. The molecule has 0 bridgehead atoms.